The number of hydrogen-bond donors (Lipinski definition) is 2. The Kier molecular flexibility index (Phi) is 2.70. The maximum absolute atomic E-state index is 11.3. The Labute approximate surface area is 76.7 Å². The van der Waals surface area contributed by atoms with Crippen molar-refractivity contribution < 1.29 is 4.79 Å². The number of nitrogens with zero attached hydrogens (tertiary/aromatic N) is 1. The third-order valence-corrected chi connectivity index (χ3v) is 1.54. The molecule has 1 unspecified atom stereocenters. The highest BCUT2D eigenvalue weighted by atomic mass is 16.2. The summed E-state index contributed by atoms with van der Waals surface area (Å²) < 4.78 is 0. The lowest BCUT2D eigenvalue weighted by Crippen LogP contribution is -2.31. The maximum atomic E-state index is 11.3. The van der Waals surface area contributed by atoms with E-state index in [1.165, 1.54) is 0 Å². The number of H-pyrrole nitrogens is 1. The van der Waals surface area contributed by atoms with E-state index in [1.54, 1.807) is 13.0 Å². The zero-order chi connectivity index (χ0) is 9.84. The number of carbonyl (C=O) groups is 1. The molecule has 68 valence electrons. The molecule has 0 saturated carbocycles. The van der Waals surface area contributed by atoms with Crippen molar-refractivity contribution in [1.29, 1.82) is 0 Å². The van der Waals surface area contributed by atoms with Crippen molar-refractivity contribution in [3.63, 3.8) is 0 Å². The van der Waals surface area contributed by atoms with E-state index < -0.39 is 0 Å². The van der Waals surface area contributed by atoms with E-state index in [1.807, 2.05) is 6.92 Å². The lowest BCUT2D eigenvalue weighted by atomic mass is 10.3. The number of amides is 1. The van der Waals surface area contributed by atoms with Gasteiger partial charge >= 0.3 is 0 Å². The summed E-state index contributed by atoms with van der Waals surface area (Å²) in [6.07, 6.45) is 5.11. The molecule has 0 spiro atoms. The van der Waals surface area contributed by atoms with Crippen LogP contribution in [0.25, 0.3) is 0 Å². The van der Waals surface area contributed by atoms with Crippen LogP contribution in [0, 0.1) is 19.3 Å². The van der Waals surface area contributed by atoms with Gasteiger partial charge in [-0.25, -0.2) is 0 Å². The topological polar surface area (TPSA) is 57.8 Å². The van der Waals surface area contributed by atoms with E-state index in [2.05, 4.69) is 21.4 Å². The van der Waals surface area contributed by atoms with E-state index in [0.717, 1.165) is 5.69 Å². The van der Waals surface area contributed by atoms with Gasteiger partial charge in [0.05, 0.1) is 6.04 Å². The van der Waals surface area contributed by atoms with Crippen molar-refractivity contribution in [2.24, 2.45) is 0 Å². The van der Waals surface area contributed by atoms with Gasteiger partial charge in [-0.15, -0.1) is 6.42 Å². The Morgan fingerprint density at radius 1 is 1.85 bits per heavy atom. The molecule has 4 nitrogen and oxygen atoms in total. The molecule has 0 aliphatic carbocycles. The molecule has 1 aromatic heterocycles. The molecule has 0 fully saturated rings. The maximum Gasteiger partial charge on any atom is 0.272 e. The minimum atomic E-state index is -0.274. The summed E-state index contributed by atoms with van der Waals surface area (Å²) in [5, 5.41) is 9.08. The van der Waals surface area contributed by atoms with Crippen molar-refractivity contribution in [2.45, 2.75) is 19.9 Å². The summed E-state index contributed by atoms with van der Waals surface area (Å²) in [6, 6.07) is 1.39. The van der Waals surface area contributed by atoms with Crippen molar-refractivity contribution in [3.05, 3.63) is 17.5 Å². The molecule has 4 heteroatoms. The summed E-state index contributed by atoms with van der Waals surface area (Å²) in [5.41, 5.74) is 1.21. The average molecular weight is 177 g/mol. The molecule has 1 rings (SSSR count). The van der Waals surface area contributed by atoms with Gasteiger partial charge in [0.1, 0.15) is 5.69 Å². The second-order valence-electron chi connectivity index (χ2n) is 2.80. The van der Waals surface area contributed by atoms with Gasteiger partial charge in [0, 0.05) is 5.69 Å². The summed E-state index contributed by atoms with van der Waals surface area (Å²) in [6.45, 7) is 3.56. The molecule has 0 saturated heterocycles. The first-order chi connectivity index (χ1) is 6.13. The van der Waals surface area contributed by atoms with E-state index in [0.29, 0.717) is 5.69 Å². The van der Waals surface area contributed by atoms with Crippen LogP contribution in [0.5, 0.6) is 0 Å². The van der Waals surface area contributed by atoms with Gasteiger partial charge in [0.2, 0.25) is 0 Å². The van der Waals surface area contributed by atoms with Crippen LogP contribution in [-0.2, 0) is 0 Å². The predicted octanol–water partition coefficient (Wildman–Crippen LogP) is 0.470. The van der Waals surface area contributed by atoms with Gasteiger partial charge in [0.25, 0.3) is 5.91 Å². The van der Waals surface area contributed by atoms with Crippen LogP contribution >= 0.6 is 0 Å². The van der Waals surface area contributed by atoms with Crippen LogP contribution in [0.2, 0.25) is 0 Å². The monoisotopic (exact) mass is 177 g/mol. The molecule has 1 atom stereocenters. The zero-order valence-electron chi connectivity index (χ0n) is 7.59. The third kappa shape index (κ3) is 2.34. The van der Waals surface area contributed by atoms with Crippen molar-refractivity contribution in [3.8, 4) is 12.3 Å². The van der Waals surface area contributed by atoms with Crippen LogP contribution in [0.15, 0.2) is 6.07 Å². The van der Waals surface area contributed by atoms with Crippen LogP contribution in [0.4, 0.5) is 0 Å². The van der Waals surface area contributed by atoms with Gasteiger partial charge < -0.3 is 5.32 Å². The zero-order valence-corrected chi connectivity index (χ0v) is 7.59. The quantitative estimate of drug-likeness (QED) is 0.645. The molecule has 2 N–H and O–H groups in total. The standard InChI is InChI=1S/C9H11N3O/c1-4-6(2)10-9(13)8-5-7(3)11-12-8/h1,5-6H,2-3H3,(H,10,13)(H,11,12). The van der Waals surface area contributed by atoms with Crippen molar-refractivity contribution in [1.82, 2.24) is 15.5 Å². The van der Waals surface area contributed by atoms with Crippen molar-refractivity contribution >= 4 is 5.91 Å². The highest BCUT2D eigenvalue weighted by Crippen LogP contribution is 1.97. The van der Waals surface area contributed by atoms with Gasteiger partial charge in [0.15, 0.2) is 0 Å². The summed E-state index contributed by atoms with van der Waals surface area (Å²) in [7, 11) is 0. The Morgan fingerprint density at radius 2 is 2.54 bits per heavy atom. The van der Waals surface area contributed by atoms with E-state index in [4.69, 9.17) is 6.42 Å². The van der Waals surface area contributed by atoms with Crippen molar-refractivity contribution in [2.75, 3.05) is 0 Å². The molecule has 1 heterocycles. The molecule has 13 heavy (non-hydrogen) atoms. The second kappa shape index (κ2) is 3.76. The number of aromatic nitrogens is 2. The number of aromatic amines is 1. The molecule has 0 aliphatic heterocycles. The van der Waals surface area contributed by atoms with Gasteiger partial charge in [-0.2, -0.15) is 5.10 Å². The van der Waals surface area contributed by atoms with Crippen LogP contribution in [-0.4, -0.2) is 22.1 Å². The van der Waals surface area contributed by atoms with Crippen LogP contribution in [0.3, 0.4) is 0 Å². The molecule has 0 bridgehead atoms. The molecule has 0 aliphatic rings. The Hall–Kier alpha value is -1.76. The SMILES string of the molecule is C#CC(C)NC(=O)c1cc(C)[nH]n1. The Bertz CT molecular complexity index is 348. The lowest BCUT2D eigenvalue weighted by Gasteiger charge is -2.04. The number of hydrogen-bond acceptors (Lipinski definition) is 2. The fourth-order valence-electron chi connectivity index (χ4n) is 0.847. The summed E-state index contributed by atoms with van der Waals surface area (Å²) >= 11 is 0. The van der Waals surface area contributed by atoms with E-state index >= 15 is 0 Å². The molecule has 1 amide bonds. The van der Waals surface area contributed by atoms with Crippen LogP contribution in [0.1, 0.15) is 23.1 Å². The van der Waals surface area contributed by atoms with E-state index in [9.17, 15) is 4.79 Å². The fraction of sp³-hybridized carbons (Fsp3) is 0.333. The predicted molar refractivity (Wildman–Crippen MR) is 49.1 cm³/mol. The summed E-state index contributed by atoms with van der Waals surface area (Å²) in [5.74, 6) is 2.15. The minimum absolute atomic E-state index is 0.255. The fourth-order valence-corrected chi connectivity index (χ4v) is 0.847. The van der Waals surface area contributed by atoms with Gasteiger partial charge in [-0.3, -0.25) is 9.89 Å². The van der Waals surface area contributed by atoms with E-state index in [-0.39, 0.29) is 11.9 Å². The molecular weight excluding hydrogens is 166 g/mol. The average Bonchev–Trinajstić information content (AvgIpc) is 2.51. The van der Waals surface area contributed by atoms with Gasteiger partial charge in [-0.1, -0.05) is 5.92 Å². The molecular formula is C9H11N3O. The number of nitrogens with one attached hydrogen (secondary N) is 2. The number of carbonyl (C=O) groups excluding carboxylic acids is 1. The second-order valence-corrected chi connectivity index (χ2v) is 2.80. The Morgan fingerprint density at radius 3 is 3.00 bits per heavy atom. The Balaban J connectivity index is 2.65. The largest absolute Gasteiger partial charge is 0.337 e. The first-order valence-corrected chi connectivity index (χ1v) is 3.92. The smallest absolute Gasteiger partial charge is 0.272 e. The molecule has 0 radical (unpaired) electrons. The first-order valence-electron chi connectivity index (χ1n) is 3.92. The summed E-state index contributed by atoms with van der Waals surface area (Å²) in [4.78, 5) is 11.3. The normalized spacial score (nSPS) is 11.8. The highest BCUT2D eigenvalue weighted by Gasteiger charge is 2.10. The highest BCUT2D eigenvalue weighted by molar-refractivity contribution is 5.92. The first kappa shape index (κ1) is 9.33. The number of aryl methyl sites for hydroxylation is 1. The molecule has 1 aromatic rings. The lowest BCUT2D eigenvalue weighted by molar-refractivity contribution is 0.0943. The van der Waals surface area contributed by atoms with Crippen LogP contribution < -0.4 is 5.32 Å². The van der Waals surface area contributed by atoms with Gasteiger partial charge in [-0.05, 0) is 19.9 Å². The molecule has 0 aromatic carbocycles. The number of terminal acetylenes is 1. The minimum Gasteiger partial charge on any atom is -0.337 e. The number of rotatable bonds is 2. The third-order valence-electron chi connectivity index (χ3n) is 1.54.